The molecule has 1 aliphatic heterocycles. The molecule has 1 aliphatic rings. The second-order valence-corrected chi connectivity index (χ2v) is 6.41. The number of nitrogens with zero attached hydrogens (tertiary/aromatic N) is 2. The zero-order chi connectivity index (χ0) is 16.9. The first kappa shape index (κ1) is 17.0. The highest BCUT2D eigenvalue weighted by molar-refractivity contribution is 6.33. The molecule has 1 unspecified atom stereocenters. The number of aromatic amines is 1. The van der Waals surface area contributed by atoms with E-state index in [1.165, 1.54) is 0 Å². The molecule has 1 saturated heterocycles. The van der Waals surface area contributed by atoms with Crippen LogP contribution in [0.4, 0.5) is 0 Å². The van der Waals surface area contributed by atoms with Crippen LogP contribution in [-0.4, -0.2) is 41.0 Å². The number of likely N-dealkylation sites (tertiary alicyclic amines) is 1. The second kappa shape index (κ2) is 7.81. The summed E-state index contributed by atoms with van der Waals surface area (Å²) < 4.78 is 5.03. The van der Waals surface area contributed by atoms with E-state index >= 15 is 0 Å². The van der Waals surface area contributed by atoms with Gasteiger partial charge in [0.15, 0.2) is 0 Å². The zero-order valence-corrected chi connectivity index (χ0v) is 14.6. The Kier molecular flexibility index (Phi) is 5.53. The van der Waals surface area contributed by atoms with Gasteiger partial charge in [0.25, 0.3) is 0 Å². The summed E-state index contributed by atoms with van der Waals surface area (Å²) in [7, 11) is 1.65. The van der Waals surface area contributed by atoms with E-state index in [1.807, 2.05) is 29.2 Å². The van der Waals surface area contributed by atoms with Gasteiger partial charge in [0.1, 0.15) is 5.82 Å². The molecule has 128 valence electrons. The molecule has 0 bridgehead atoms. The SMILES string of the molecule is COCCCC(=O)N1CCCC1c1ncc(-c2ccccc2Cl)[nH]1. The van der Waals surface area contributed by atoms with Gasteiger partial charge in [0, 0.05) is 37.3 Å². The maximum Gasteiger partial charge on any atom is 0.223 e. The maximum absolute atomic E-state index is 12.4. The van der Waals surface area contributed by atoms with Gasteiger partial charge in [-0.3, -0.25) is 4.79 Å². The summed E-state index contributed by atoms with van der Waals surface area (Å²) in [5, 5.41) is 0.687. The van der Waals surface area contributed by atoms with E-state index in [2.05, 4.69) is 9.97 Å². The molecule has 1 fully saturated rings. The van der Waals surface area contributed by atoms with Crippen molar-refractivity contribution in [3.05, 3.63) is 41.3 Å². The van der Waals surface area contributed by atoms with Crippen LogP contribution < -0.4 is 0 Å². The van der Waals surface area contributed by atoms with Crippen molar-refractivity contribution in [1.82, 2.24) is 14.9 Å². The molecule has 24 heavy (non-hydrogen) atoms. The molecule has 0 saturated carbocycles. The number of H-pyrrole nitrogens is 1. The Bertz CT molecular complexity index is 701. The Hall–Kier alpha value is -1.85. The van der Waals surface area contributed by atoms with Crippen LogP contribution in [0.3, 0.4) is 0 Å². The van der Waals surface area contributed by atoms with E-state index in [0.717, 1.165) is 42.9 Å². The molecule has 1 N–H and O–H groups in total. The maximum atomic E-state index is 12.4. The number of nitrogens with one attached hydrogen (secondary N) is 1. The fourth-order valence-electron chi connectivity index (χ4n) is 3.18. The van der Waals surface area contributed by atoms with Crippen molar-refractivity contribution in [1.29, 1.82) is 0 Å². The summed E-state index contributed by atoms with van der Waals surface area (Å²) in [6.45, 7) is 1.40. The average Bonchev–Trinajstić information content (AvgIpc) is 3.24. The first-order valence-corrected chi connectivity index (χ1v) is 8.66. The largest absolute Gasteiger partial charge is 0.385 e. The number of methoxy groups -OCH3 is 1. The number of hydrogen-bond donors (Lipinski definition) is 1. The van der Waals surface area contributed by atoms with Gasteiger partial charge in [-0.25, -0.2) is 4.98 Å². The monoisotopic (exact) mass is 347 g/mol. The van der Waals surface area contributed by atoms with Crippen LogP contribution >= 0.6 is 11.6 Å². The van der Waals surface area contributed by atoms with Crippen molar-refractivity contribution in [3.8, 4) is 11.3 Å². The molecule has 0 radical (unpaired) electrons. The Labute approximate surface area is 147 Å². The van der Waals surface area contributed by atoms with Crippen molar-refractivity contribution in [2.24, 2.45) is 0 Å². The summed E-state index contributed by atoms with van der Waals surface area (Å²) in [5.41, 5.74) is 1.81. The van der Waals surface area contributed by atoms with E-state index in [4.69, 9.17) is 16.3 Å². The minimum atomic E-state index is 0.0243. The lowest BCUT2D eigenvalue weighted by atomic mass is 10.1. The average molecular weight is 348 g/mol. The smallest absolute Gasteiger partial charge is 0.223 e. The van der Waals surface area contributed by atoms with Gasteiger partial charge in [0.2, 0.25) is 5.91 Å². The number of imidazole rings is 1. The third-order valence-electron chi connectivity index (χ3n) is 4.39. The minimum Gasteiger partial charge on any atom is -0.385 e. The van der Waals surface area contributed by atoms with Crippen LogP contribution in [0.15, 0.2) is 30.5 Å². The van der Waals surface area contributed by atoms with Crippen molar-refractivity contribution in [2.45, 2.75) is 31.7 Å². The molecule has 3 rings (SSSR count). The number of aromatic nitrogens is 2. The number of rotatable bonds is 6. The third kappa shape index (κ3) is 3.62. The molecule has 6 heteroatoms. The number of ether oxygens (including phenoxy) is 1. The number of hydrogen-bond acceptors (Lipinski definition) is 3. The lowest BCUT2D eigenvalue weighted by molar-refractivity contribution is -0.132. The van der Waals surface area contributed by atoms with E-state index in [-0.39, 0.29) is 11.9 Å². The van der Waals surface area contributed by atoms with E-state index in [1.54, 1.807) is 13.3 Å². The van der Waals surface area contributed by atoms with E-state index in [0.29, 0.717) is 18.1 Å². The van der Waals surface area contributed by atoms with Crippen LogP contribution in [0, 0.1) is 0 Å². The van der Waals surface area contributed by atoms with Crippen molar-refractivity contribution in [2.75, 3.05) is 20.3 Å². The molecule has 1 atom stereocenters. The topological polar surface area (TPSA) is 58.2 Å². The van der Waals surface area contributed by atoms with Gasteiger partial charge in [0.05, 0.1) is 17.9 Å². The van der Waals surface area contributed by atoms with Crippen LogP contribution in [0.2, 0.25) is 5.02 Å². The Morgan fingerprint density at radius 2 is 2.29 bits per heavy atom. The first-order chi connectivity index (χ1) is 11.7. The van der Waals surface area contributed by atoms with Crippen LogP contribution in [-0.2, 0) is 9.53 Å². The van der Waals surface area contributed by atoms with Crippen molar-refractivity contribution >= 4 is 17.5 Å². The van der Waals surface area contributed by atoms with Gasteiger partial charge < -0.3 is 14.6 Å². The highest BCUT2D eigenvalue weighted by Gasteiger charge is 2.31. The summed E-state index contributed by atoms with van der Waals surface area (Å²) in [5.74, 6) is 1.01. The molecule has 1 aromatic heterocycles. The lowest BCUT2D eigenvalue weighted by Crippen LogP contribution is -2.31. The standard InChI is InChI=1S/C18H22ClN3O2/c1-24-11-5-9-17(23)22-10-4-8-16(22)18-20-12-15(21-18)13-6-2-3-7-14(13)19/h2-3,6-7,12,16H,4-5,8-11H2,1H3,(H,20,21). The fourth-order valence-corrected chi connectivity index (χ4v) is 3.42. The van der Waals surface area contributed by atoms with Gasteiger partial charge >= 0.3 is 0 Å². The number of halogens is 1. The van der Waals surface area contributed by atoms with Gasteiger partial charge in [-0.2, -0.15) is 0 Å². The molecule has 0 spiro atoms. The lowest BCUT2D eigenvalue weighted by Gasteiger charge is -2.23. The Balaban J connectivity index is 1.74. The van der Waals surface area contributed by atoms with Crippen LogP contribution in [0.5, 0.6) is 0 Å². The quantitative estimate of drug-likeness (QED) is 0.808. The molecule has 2 aromatic rings. The van der Waals surface area contributed by atoms with Crippen molar-refractivity contribution in [3.63, 3.8) is 0 Å². The second-order valence-electron chi connectivity index (χ2n) is 6.00. The minimum absolute atomic E-state index is 0.0243. The van der Waals surface area contributed by atoms with E-state index in [9.17, 15) is 4.79 Å². The van der Waals surface area contributed by atoms with Crippen molar-refractivity contribution < 1.29 is 9.53 Å². The molecule has 5 nitrogen and oxygen atoms in total. The highest BCUT2D eigenvalue weighted by Crippen LogP contribution is 2.33. The van der Waals surface area contributed by atoms with Gasteiger partial charge in [-0.15, -0.1) is 0 Å². The fraction of sp³-hybridized carbons (Fsp3) is 0.444. The highest BCUT2D eigenvalue weighted by atomic mass is 35.5. The molecule has 1 amide bonds. The van der Waals surface area contributed by atoms with Crippen LogP contribution in [0.1, 0.15) is 37.5 Å². The first-order valence-electron chi connectivity index (χ1n) is 8.29. The summed E-state index contributed by atoms with van der Waals surface area (Å²) in [6.07, 6.45) is 5.00. The number of benzene rings is 1. The predicted molar refractivity (Wildman–Crippen MR) is 93.8 cm³/mol. The normalized spacial score (nSPS) is 17.4. The summed E-state index contributed by atoms with van der Waals surface area (Å²) >= 11 is 6.25. The number of amides is 1. The number of carbonyl (C=O) groups excluding carboxylic acids is 1. The molecule has 1 aromatic carbocycles. The predicted octanol–water partition coefficient (Wildman–Crippen LogP) is 3.82. The third-order valence-corrected chi connectivity index (χ3v) is 4.72. The molecular weight excluding hydrogens is 326 g/mol. The molecular formula is C18H22ClN3O2. The Morgan fingerprint density at radius 1 is 1.46 bits per heavy atom. The summed E-state index contributed by atoms with van der Waals surface area (Å²) in [6, 6.07) is 7.69. The molecule has 0 aliphatic carbocycles. The number of carbonyl (C=O) groups is 1. The Morgan fingerprint density at radius 3 is 3.08 bits per heavy atom. The van der Waals surface area contributed by atoms with Crippen LogP contribution in [0.25, 0.3) is 11.3 Å². The molecule has 2 heterocycles. The van der Waals surface area contributed by atoms with Gasteiger partial charge in [-0.05, 0) is 25.3 Å². The summed E-state index contributed by atoms with van der Waals surface area (Å²) in [4.78, 5) is 22.2. The van der Waals surface area contributed by atoms with Gasteiger partial charge in [-0.1, -0.05) is 29.8 Å². The van der Waals surface area contributed by atoms with E-state index < -0.39 is 0 Å². The zero-order valence-electron chi connectivity index (χ0n) is 13.8.